The molecule has 116 valence electrons. The van der Waals surface area contributed by atoms with Crippen molar-refractivity contribution in [2.24, 2.45) is 0 Å². The molecule has 1 aliphatic rings. The molecule has 0 saturated carbocycles. The molecule has 3 N–H and O–H groups in total. The van der Waals surface area contributed by atoms with Gasteiger partial charge in [0, 0.05) is 19.7 Å². The van der Waals surface area contributed by atoms with Gasteiger partial charge in [-0.3, -0.25) is 14.3 Å². The number of rotatable bonds is 4. The summed E-state index contributed by atoms with van der Waals surface area (Å²) in [6.07, 6.45) is -1.16. The number of aromatic amines is 1. The Hall–Kier alpha value is -1.26. The monoisotopic (exact) mass is 362 g/mol. The van der Waals surface area contributed by atoms with E-state index in [0.717, 1.165) is 4.57 Å². The number of aromatic nitrogens is 2. The van der Waals surface area contributed by atoms with Gasteiger partial charge in [-0.2, -0.15) is 0 Å². The number of hydrogen-bond acceptors (Lipinski definition) is 6. The summed E-state index contributed by atoms with van der Waals surface area (Å²) >= 11 is 3.05. The van der Waals surface area contributed by atoms with Crippen molar-refractivity contribution in [3.63, 3.8) is 0 Å². The lowest BCUT2D eigenvalue weighted by molar-refractivity contribution is -0.183. The Morgan fingerprint density at radius 1 is 1.62 bits per heavy atom. The Bertz CT molecular complexity index is 639. The fraction of sp³-hybridized carbons (Fsp3) is 0.500. The zero-order valence-corrected chi connectivity index (χ0v) is 12.7. The van der Waals surface area contributed by atoms with Crippen LogP contribution in [0.4, 0.5) is 0 Å². The molecule has 0 spiro atoms. The van der Waals surface area contributed by atoms with Gasteiger partial charge in [-0.05, 0) is 11.1 Å². The molecule has 0 aromatic carbocycles. The average molecular weight is 363 g/mol. The summed E-state index contributed by atoms with van der Waals surface area (Å²) < 4.78 is 11.3. The summed E-state index contributed by atoms with van der Waals surface area (Å²) in [6.45, 7) is 0. The smallest absolute Gasteiger partial charge is 0.330 e. The first kappa shape index (κ1) is 16.1. The first-order chi connectivity index (χ1) is 9.97. The molecule has 9 heteroatoms. The van der Waals surface area contributed by atoms with Gasteiger partial charge in [0.15, 0.2) is 6.29 Å². The maximum atomic E-state index is 11.9. The molecule has 4 atom stereocenters. The maximum Gasteiger partial charge on any atom is 0.330 e. The number of aliphatic hydroxyl groups is 2. The van der Waals surface area contributed by atoms with E-state index in [1.54, 1.807) is 0 Å². The summed E-state index contributed by atoms with van der Waals surface area (Å²) in [5.41, 5.74) is -0.934. The summed E-state index contributed by atoms with van der Waals surface area (Å²) in [6, 6.07) is 0. The van der Waals surface area contributed by atoms with Crippen molar-refractivity contribution in [1.29, 1.82) is 0 Å². The molecular weight excluding hydrogens is 348 g/mol. The van der Waals surface area contributed by atoms with Crippen LogP contribution in [0, 0.1) is 0 Å². The minimum absolute atomic E-state index is 0.0918. The van der Waals surface area contributed by atoms with Crippen LogP contribution in [-0.4, -0.2) is 45.4 Å². The first-order valence-electron chi connectivity index (χ1n) is 6.14. The highest BCUT2D eigenvalue weighted by Crippen LogP contribution is 2.29. The molecule has 2 rings (SSSR count). The Balaban J connectivity index is 2.33. The minimum Gasteiger partial charge on any atom is -0.390 e. The summed E-state index contributed by atoms with van der Waals surface area (Å²) in [7, 11) is 1.28. The fourth-order valence-electron chi connectivity index (χ4n) is 2.14. The molecule has 1 aromatic rings. The van der Waals surface area contributed by atoms with E-state index >= 15 is 0 Å². The molecule has 1 aliphatic heterocycles. The highest BCUT2D eigenvalue weighted by molar-refractivity contribution is 9.11. The molecule has 21 heavy (non-hydrogen) atoms. The molecule has 0 bridgehead atoms. The van der Waals surface area contributed by atoms with Gasteiger partial charge in [-0.1, -0.05) is 15.9 Å². The van der Waals surface area contributed by atoms with Gasteiger partial charge in [0.1, 0.15) is 12.3 Å². The van der Waals surface area contributed by atoms with E-state index in [-0.39, 0.29) is 12.0 Å². The standard InChI is InChI=1S/C12H15BrN2O6/c1-20-11(18)9-7(16)4-8(21-9)15-5-6(2-3-13)10(17)14-12(15)19/h2-3,5,7-9,11,16,18H,4H2,1H3,(H,14,17,19)/b3-2+/t7-,8+,9-,11?/m0/s1. The van der Waals surface area contributed by atoms with Crippen LogP contribution in [0.15, 0.2) is 20.8 Å². The van der Waals surface area contributed by atoms with Crippen molar-refractivity contribution in [3.05, 3.63) is 37.6 Å². The van der Waals surface area contributed by atoms with Crippen LogP contribution in [0.3, 0.4) is 0 Å². The molecule has 1 saturated heterocycles. The van der Waals surface area contributed by atoms with Crippen LogP contribution in [0.2, 0.25) is 0 Å². The second-order valence-electron chi connectivity index (χ2n) is 4.53. The predicted molar refractivity (Wildman–Crippen MR) is 76.8 cm³/mol. The maximum absolute atomic E-state index is 11.9. The number of hydrogen-bond donors (Lipinski definition) is 3. The predicted octanol–water partition coefficient (Wildman–Crippen LogP) is -0.485. The van der Waals surface area contributed by atoms with Crippen molar-refractivity contribution in [2.75, 3.05) is 7.11 Å². The molecular formula is C12H15BrN2O6. The number of halogens is 1. The Kier molecular flexibility index (Phi) is 5.12. The van der Waals surface area contributed by atoms with E-state index in [1.165, 1.54) is 24.4 Å². The third-order valence-electron chi connectivity index (χ3n) is 3.21. The van der Waals surface area contributed by atoms with Crippen molar-refractivity contribution in [3.8, 4) is 0 Å². The lowest BCUT2D eigenvalue weighted by Crippen LogP contribution is -2.36. The van der Waals surface area contributed by atoms with E-state index in [9.17, 15) is 19.8 Å². The van der Waals surface area contributed by atoms with Gasteiger partial charge in [0.05, 0.1) is 11.7 Å². The van der Waals surface area contributed by atoms with Crippen LogP contribution in [0.25, 0.3) is 6.08 Å². The van der Waals surface area contributed by atoms with Gasteiger partial charge in [0.2, 0.25) is 0 Å². The topological polar surface area (TPSA) is 114 Å². The Morgan fingerprint density at radius 3 is 2.95 bits per heavy atom. The number of nitrogens with one attached hydrogen (secondary N) is 1. The lowest BCUT2D eigenvalue weighted by Gasteiger charge is -2.20. The molecule has 1 unspecified atom stereocenters. The van der Waals surface area contributed by atoms with Crippen LogP contribution in [-0.2, 0) is 9.47 Å². The van der Waals surface area contributed by atoms with Crippen molar-refractivity contribution < 1.29 is 19.7 Å². The number of aliphatic hydroxyl groups excluding tert-OH is 2. The molecule has 0 amide bonds. The zero-order valence-electron chi connectivity index (χ0n) is 11.1. The van der Waals surface area contributed by atoms with Gasteiger partial charge in [-0.25, -0.2) is 4.79 Å². The summed E-state index contributed by atoms with van der Waals surface area (Å²) in [5.74, 6) is 0. The highest BCUT2D eigenvalue weighted by atomic mass is 79.9. The number of methoxy groups -OCH3 is 1. The number of ether oxygens (including phenoxy) is 2. The second-order valence-corrected chi connectivity index (χ2v) is 5.06. The van der Waals surface area contributed by atoms with Crippen molar-refractivity contribution >= 4 is 22.0 Å². The number of nitrogens with zero attached hydrogens (tertiary/aromatic N) is 1. The SMILES string of the molecule is COC(O)[C@H]1O[C@@H](n2cc(/C=C/Br)c(=O)[nH]c2=O)C[C@@H]1O. The van der Waals surface area contributed by atoms with Gasteiger partial charge >= 0.3 is 5.69 Å². The van der Waals surface area contributed by atoms with E-state index in [2.05, 4.69) is 20.9 Å². The second kappa shape index (κ2) is 6.67. The van der Waals surface area contributed by atoms with Crippen LogP contribution < -0.4 is 11.2 Å². The number of H-pyrrole nitrogens is 1. The molecule has 2 heterocycles. The van der Waals surface area contributed by atoms with Crippen molar-refractivity contribution in [2.45, 2.75) is 31.1 Å². The van der Waals surface area contributed by atoms with E-state index in [1.807, 2.05) is 0 Å². The third kappa shape index (κ3) is 3.33. The first-order valence-corrected chi connectivity index (χ1v) is 7.06. The van der Waals surface area contributed by atoms with Crippen LogP contribution in [0.1, 0.15) is 18.2 Å². The van der Waals surface area contributed by atoms with Gasteiger partial charge < -0.3 is 19.7 Å². The molecule has 0 aliphatic carbocycles. The Labute approximate surface area is 127 Å². The quantitative estimate of drug-likeness (QED) is 0.623. The fourth-order valence-corrected chi connectivity index (χ4v) is 2.43. The summed E-state index contributed by atoms with van der Waals surface area (Å²) in [5, 5.41) is 19.4. The molecule has 1 aromatic heterocycles. The van der Waals surface area contributed by atoms with Gasteiger partial charge in [-0.15, -0.1) is 0 Å². The van der Waals surface area contributed by atoms with E-state index in [4.69, 9.17) is 9.47 Å². The van der Waals surface area contributed by atoms with Crippen molar-refractivity contribution in [1.82, 2.24) is 9.55 Å². The Morgan fingerprint density at radius 2 is 2.33 bits per heavy atom. The molecule has 8 nitrogen and oxygen atoms in total. The minimum atomic E-state index is -1.30. The van der Waals surface area contributed by atoms with Crippen LogP contribution >= 0.6 is 15.9 Å². The highest BCUT2D eigenvalue weighted by Gasteiger charge is 2.40. The van der Waals surface area contributed by atoms with E-state index in [0.29, 0.717) is 0 Å². The normalized spacial score (nSPS) is 27.3. The van der Waals surface area contributed by atoms with Crippen LogP contribution in [0.5, 0.6) is 0 Å². The third-order valence-corrected chi connectivity index (χ3v) is 3.47. The van der Waals surface area contributed by atoms with E-state index < -0.39 is 36.0 Å². The largest absolute Gasteiger partial charge is 0.390 e. The summed E-state index contributed by atoms with van der Waals surface area (Å²) in [4.78, 5) is 27.1. The molecule has 1 fully saturated rings. The molecule has 0 radical (unpaired) electrons. The van der Waals surface area contributed by atoms with Gasteiger partial charge in [0.25, 0.3) is 5.56 Å². The zero-order chi connectivity index (χ0) is 15.6. The lowest BCUT2D eigenvalue weighted by atomic mass is 10.1. The average Bonchev–Trinajstić information content (AvgIpc) is 2.83.